The van der Waals surface area contributed by atoms with E-state index in [1.807, 2.05) is 77.1 Å². The van der Waals surface area contributed by atoms with E-state index in [0.717, 1.165) is 39.1 Å². The van der Waals surface area contributed by atoms with Gasteiger partial charge in [-0.25, -0.2) is 4.79 Å². The van der Waals surface area contributed by atoms with Crippen LogP contribution in [-0.2, 0) is 9.53 Å². The van der Waals surface area contributed by atoms with Gasteiger partial charge in [0.2, 0.25) is 0 Å². The zero-order chi connectivity index (χ0) is 23.5. The van der Waals surface area contributed by atoms with E-state index in [-0.39, 0.29) is 11.8 Å². The largest absolute Gasteiger partial charge is 0.457 e. The second kappa shape index (κ2) is 9.20. The molecule has 0 fully saturated rings. The van der Waals surface area contributed by atoms with Gasteiger partial charge in [0.25, 0.3) is 0 Å². The summed E-state index contributed by atoms with van der Waals surface area (Å²) in [4.78, 5) is 28.4. The molecule has 0 radical (unpaired) electrons. The third-order valence-corrected chi connectivity index (χ3v) is 4.89. The van der Waals surface area contributed by atoms with E-state index >= 15 is 0 Å². The second-order valence-electron chi connectivity index (χ2n) is 8.79. The monoisotopic (exact) mass is 425 g/mol. The Morgan fingerprint density at radius 3 is 2.47 bits per heavy atom. The van der Waals surface area contributed by atoms with Crippen LogP contribution in [0, 0.1) is 18.8 Å². The number of rotatable bonds is 3. The first kappa shape index (κ1) is 23.0. The van der Waals surface area contributed by atoms with Crippen molar-refractivity contribution in [3.05, 3.63) is 87.8 Å². The highest BCUT2D eigenvalue weighted by molar-refractivity contribution is 5.94. The van der Waals surface area contributed by atoms with Gasteiger partial charge in [0.05, 0.1) is 11.3 Å². The first-order valence-electron chi connectivity index (χ1n) is 10.5. The van der Waals surface area contributed by atoms with E-state index in [4.69, 9.17) is 4.74 Å². The van der Waals surface area contributed by atoms with Crippen LogP contribution in [0.2, 0.25) is 0 Å². The van der Waals surface area contributed by atoms with Crippen molar-refractivity contribution in [2.24, 2.45) is 0 Å². The average Bonchev–Trinajstić information content (AvgIpc) is 2.86. The lowest BCUT2D eigenvalue weighted by Gasteiger charge is -2.18. The first-order valence-corrected chi connectivity index (χ1v) is 10.5. The minimum atomic E-state index is -0.542. The predicted molar refractivity (Wildman–Crippen MR) is 128 cm³/mol. The minimum Gasteiger partial charge on any atom is -0.457 e. The summed E-state index contributed by atoms with van der Waals surface area (Å²) in [6, 6.07) is 7.51. The number of Topliss-reactive ketones (excluding diaryl/α,β-unsaturated/α-hetero) is 1. The number of nitrogens with zero attached hydrogens (tertiary/aromatic N) is 1. The summed E-state index contributed by atoms with van der Waals surface area (Å²) in [5, 5.41) is 0. The van der Waals surface area contributed by atoms with Gasteiger partial charge in [0.15, 0.2) is 5.78 Å². The summed E-state index contributed by atoms with van der Waals surface area (Å²) >= 11 is 0. The summed E-state index contributed by atoms with van der Waals surface area (Å²) in [5.74, 6) is 6.01. The van der Waals surface area contributed by atoms with Crippen molar-refractivity contribution < 1.29 is 14.3 Å². The maximum Gasteiger partial charge on any atom is 0.331 e. The van der Waals surface area contributed by atoms with Crippen LogP contribution in [0.25, 0.3) is 11.6 Å². The molecule has 2 aromatic rings. The van der Waals surface area contributed by atoms with Crippen molar-refractivity contribution in [3.63, 3.8) is 0 Å². The number of carbonyl (C=O) groups excluding carboxylic acids is 2. The Balaban J connectivity index is 1.90. The van der Waals surface area contributed by atoms with Crippen LogP contribution in [0.3, 0.4) is 0 Å². The third-order valence-electron chi connectivity index (χ3n) is 4.89. The molecule has 1 aromatic carbocycles. The molecular formula is C28H27NO3. The molecule has 0 unspecified atom stereocenters. The van der Waals surface area contributed by atoms with Gasteiger partial charge >= 0.3 is 5.97 Å². The fourth-order valence-electron chi connectivity index (χ4n) is 3.22. The quantitative estimate of drug-likeness (QED) is 0.274. The first-order chi connectivity index (χ1) is 15.0. The third kappa shape index (κ3) is 5.70. The molecule has 2 bridgehead atoms. The van der Waals surface area contributed by atoms with E-state index in [9.17, 15) is 9.59 Å². The Morgan fingerprint density at radius 2 is 1.78 bits per heavy atom. The summed E-state index contributed by atoms with van der Waals surface area (Å²) in [5.41, 5.74) is 6.08. The molecule has 32 heavy (non-hydrogen) atoms. The van der Waals surface area contributed by atoms with E-state index in [0.29, 0.717) is 5.56 Å². The maximum absolute atomic E-state index is 12.2. The Bertz CT molecular complexity index is 1240. The lowest BCUT2D eigenvalue weighted by atomic mass is 10.0. The zero-order valence-corrected chi connectivity index (χ0v) is 19.4. The van der Waals surface area contributed by atoms with Gasteiger partial charge in [0, 0.05) is 29.0 Å². The van der Waals surface area contributed by atoms with Gasteiger partial charge in [-0.05, 0) is 70.4 Å². The van der Waals surface area contributed by atoms with E-state index in [1.165, 1.54) is 6.08 Å². The number of hydrogen-bond donors (Lipinski definition) is 0. The molecular weight excluding hydrogens is 398 g/mol. The molecule has 1 aromatic heterocycles. The zero-order valence-electron chi connectivity index (χ0n) is 19.4. The SMILES string of the molecule is CC(=O)c1ccc(C)c(C#Cc2cnc3cc2C=CC=C3C(C)=CC(=O)OC(C)(C)C)c1. The maximum atomic E-state index is 12.2. The standard InChI is InChI=1S/C28H27NO3/c1-18-10-11-22(20(3)30)15-21(18)12-13-24-17-29-26-16-23(24)8-7-9-25(26)19(2)14-27(31)32-28(4,5)6/h7-11,14-17H,1-6H3. The highest BCUT2D eigenvalue weighted by Gasteiger charge is 2.16. The minimum absolute atomic E-state index is 0.0157. The molecule has 162 valence electrons. The lowest BCUT2D eigenvalue weighted by Crippen LogP contribution is -2.22. The lowest BCUT2D eigenvalue weighted by molar-refractivity contribution is -0.148. The number of fused-ring (bicyclic) bond motifs is 2. The molecule has 3 rings (SSSR count). The molecule has 4 heteroatoms. The van der Waals surface area contributed by atoms with Gasteiger partial charge in [0.1, 0.15) is 5.60 Å². The highest BCUT2D eigenvalue weighted by Crippen LogP contribution is 2.27. The van der Waals surface area contributed by atoms with Gasteiger partial charge in [-0.15, -0.1) is 0 Å². The van der Waals surface area contributed by atoms with Crippen LogP contribution in [0.1, 0.15) is 72.9 Å². The molecule has 0 aliphatic heterocycles. The Hall–Kier alpha value is -3.71. The van der Waals surface area contributed by atoms with Crippen LogP contribution in [0.4, 0.5) is 0 Å². The number of aryl methyl sites for hydroxylation is 1. The molecule has 1 aliphatic carbocycles. The van der Waals surface area contributed by atoms with Gasteiger partial charge in [-0.2, -0.15) is 0 Å². The molecule has 0 N–H and O–H groups in total. The molecule has 4 nitrogen and oxygen atoms in total. The number of aromatic nitrogens is 1. The van der Waals surface area contributed by atoms with E-state index in [1.54, 1.807) is 13.1 Å². The van der Waals surface area contributed by atoms with Crippen LogP contribution in [-0.4, -0.2) is 22.3 Å². The van der Waals surface area contributed by atoms with E-state index in [2.05, 4.69) is 16.8 Å². The number of hydrogen-bond acceptors (Lipinski definition) is 4. The topological polar surface area (TPSA) is 56.3 Å². The summed E-state index contributed by atoms with van der Waals surface area (Å²) in [6.45, 7) is 10.9. The van der Waals surface area contributed by atoms with Crippen molar-refractivity contribution >= 4 is 23.4 Å². The molecule has 1 heterocycles. The highest BCUT2D eigenvalue weighted by atomic mass is 16.6. The number of benzene rings is 1. The summed E-state index contributed by atoms with van der Waals surface area (Å²) in [7, 11) is 0. The van der Waals surface area contributed by atoms with Gasteiger partial charge in [-0.1, -0.05) is 42.2 Å². The van der Waals surface area contributed by atoms with Crippen molar-refractivity contribution in [3.8, 4) is 11.8 Å². The smallest absolute Gasteiger partial charge is 0.331 e. The number of esters is 1. The Labute approximate surface area is 189 Å². The number of pyridine rings is 1. The van der Waals surface area contributed by atoms with Crippen LogP contribution in [0.15, 0.2) is 54.3 Å². The van der Waals surface area contributed by atoms with E-state index < -0.39 is 5.60 Å². The Kier molecular flexibility index (Phi) is 6.60. The Morgan fingerprint density at radius 1 is 1.06 bits per heavy atom. The number of ether oxygens (including phenoxy) is 1. The molecule has 0 saturated heterocycles. The molecule has 0 atom stereocenters. The van der Waals surface area contributed by atoms with Crippen molar-refractivity contribution in [1.29, 1.82) is 0 Å². The molecule has 1 aliphatic rings. The van der Waals surface area contributed by atoms with Gasteiger partial charge < -0.3 is 4.74 Å². The fourth-order valence-corrected chi connectivity index (χ4v) is 3.22. The molecule has 0 spiro atoms. The molecule has 0 saturated carbocycles. The van der Waals surface area contributed by atoms with Crippen molar-refractivity contribution in [1.82, 2.24) is 4.98 Å². The van der Waals surface area contributed by atoms with Gasteiger partial charge in [-0.3, -0.25) is 9.78 Å². The van der Waals surface area contributed by atoms with Crippen LogP contribution >= 0.6 is 0 Å². The van der Waals surface area contributed by atoms with Crippen LogP contribution in [0.5, 0.6) is 0 Å². The second-order valence-corrected chi connectivity index (χ2v) is 8.79. The fraction of sp³-hybridized carbons (Fsp3) is 0.250. The average molecular weight is 426 g/mol. The summed E-state index contributed by atoms with van der Waals surface area (Å²) in [6.07, 6.45) is 9.08. The summed E-state index contributed by atoms with van der Waals surface area (Å²) < 4.78 is 5.39. The predicted octanol–water partition coefficient (Wildman–Crippen LogP) is 5.69. The number of carbonyl (C=O) groups is 2. The number of ketones is 1. The molecule has 0 amide bonds. The van der Waals surface area contributed by atoms with Crippen molar-refractivity contribution in [2.45, 2.75) is 47.1 Å². The van der Waals surface area contributed by atoms with Crippen LogP contribution < -0.4 is 0 Å². The number of allylic oxidation sites excluding steroid dienone is 4. The normalized spacial score (nSPS) is 12.9. The van der Waals surface area contributed by atoms with Crippen molar-refractivity contribution in [2.75, 3.05) is 0 Å².